The van der Waals surface area contributed by atoms with E-state index in [0.717, 1.165) is 0 Å². The summed E-state index contributed by atoms with van der Waals surface area (Å²) >= 11 is 0. The number of nitrogens with zero attached hydrogens (tertiary/aromatic N) is 2. The highest BCUT2D eigenvalue weighted by Crippen LogP contribution is 2.15. The SMILES string of the molecule is CCN1CCN(Cc2ccoc2C(=O)NN)C(=O)C1=O. The van der Waals surface area contributed by atoms with Crippen LogP contribution in [0.25, 0.3) is 0 Å². The van der Waals surface area contributed by atoms with Gasteiger partial charge in [-0.2, -0.15) is 0 Å². The summed E-state index contributed by atoms with van der Waals surface area (Å²) in [5.74, 6) is 3.43. The van der Waals surface area contributed by atoms with E-state index in [1.54, 1.807) is 6.07 Å². The number of hydrazine groups is 1. The highest BCUT2D eigenvalue weighted by Gasteiger charge is 2.32. The van der Waals surface area contributed by atoms with Crippen molar-refractivity contribution in [1.29, 1.82) is 0 Å². The number of rotatable bonds is 4. The van der Waals surface area contributed by atoms with Gasteiger partial charge >= 0.3 is 17.7 Å². The number of nitrogen functional groups attached to an aromatic ring is 1. The van der Waals surface area contributed by atoms with Crippen LogP contribution < -0.4 is 11.3 Å². The molecular weight excluding hydrogens is 264 g/mol. The van der Waals surface area contributed by atoms with Gasteiger partial charge in [0.2, 0.25) is 0 Å². The van der Waals surface area contributed by atoms with Gasteiger partial charge in [-0.05, 0) is 13.0 Å². The highest BCUT2D eigenvalue weighted by molar-refractivity contribution is 6.35. The molecule has 0 aromatic carbocycles. The minimum atomic E-state index is -0.573. The van der Waals surface area contributed by atoms with Gasteiger partial charge in [0.05, 0.1) is 12.8 Å². The molecule has 0 bridgehead atoms. The lowest BCUT2D eigenvalue weighted by molar-refractivity contribution is -0.156. The van der Waals surface area contributed by atoms with Gasteiger partial charge < -0.3 is 14.2 Å². The summed E-state index contributed by atoms with van der Waals surface area (Å²) in [5, 5.41) is 0. The van der Waals surface area contributed by atoms with Crippen LogP contribution >= 0.6 is 0 Å². The molecule has 2 heterocycles. The second-order valence-corrected chi connectivity index (χ2v) is 4.36. The predicted octanol–water partition coefficient (Wildman–Crippen LogP) is -0.926. The van der Waals surface area contributed by atoms with Crippen LogP contribution in [0.4, 0.5) is 0 Å². The first-order chi connectivity index (χ1) is 9.58. The van der Waals surface area contributed by atoms with E-state index in [4.69, 9.17) is 10.3 Å². The number of nitrogens with two attached hydrogens (primary N) is 1. The summed E-state index contributed by atoms with van der Waals surface area (Å²) in [4.78, 5) is 38.1. The molecule has 8 nitrogen and oxygen atoms in total. The minimum Gasteiger partial charge on any atom is -0.459 e. The average molecular weight is 280 g/mol. The van der Waals surface area contributed by atoms with Crippen LogP contribution in [0.3, 0.4) is 0 Å². The van der Waals surface area contributed by atoms with Crippen molar-refractivity contribution in [3.05, 3.63) is 23.7 Å². The largest absolute Gasteiger partial charge is 0.459 e. The molecule has 20 heavy (non-hydrogen) atoms. The summed E-state index contributed by atoms with van der Waals surface area (Å²) < 4.78 is 5.04. The molecule has 108 valence electrons. The Bertz CT molecular complexity index is 539. The summed E-state index contributed by atoms with van der Waals surface area (Å²) in [6, 6.07) is 1.58. The van der Waals surface area contributed by atoms with Crippen molar-refractivity contribution in [1.82, 2.24) is 15.2 Å². The lowest BCUT2D eigenvalue weighted by Crippen LogP contribution is -2.53. The van der Waals surface area contributed by atoms with E-state index < -0.39 is 17.7 Å². The first-order valence-electron chi connectivity index (χ1n) is 6.24. The zero-order valence-corrected chi connectivity index (χ0v) is 11.1. The van der Waals surface area contributed by atoms with Crippen molar-refractivity contribution >= 4 is 17.7 Å². The molecule has 1 aromatic rings. The molecule has 1 aromatic heterocycles. The third-order valence-corrected chi connectivity index (χ3v) is 3.22. The Balaban J connectivity index is 2.12. The van der Waals surface area contributed by atoms with Gasteiger partial charge in [-0.1, -0.05) is 0 Å². The van der Waals surface area contributed by atoms with Gasteiger partial charge in [0.1, 0.15) is 0 Å². The zero-order valence-electron chi connectivity index (χ0n) is 11.1. The van der Waals surface area contributed by atoms with Crippen molar-refractivity contribution in [2.45, 2.75) is 13.5 Å². The smallest absolute Gasteiger partial charge is 0.312 e. The fourth-order valence-electron chi connectivity index (χ4n) is 2.10. The molecule has 2 rings (SSSR count). The number of nitrogens with one attached hydrogen (secondary N) is 1. The van der Waals surface area contributed by atoms with Crippen molar-refractivity contribution in [3.8, 4) is 0 Å². The Morgan fingerprint density at radius 3 is 2.65 bits per heavy atom. The molecule has 3 N–H and O–H groups in total. The second kappa shape index (κ2) is 5.74. The quantitative estimate of drug-likeness (QED) is 0.321. The fourth-order valence-corrected chi connectivity index (χ4v) is 2.10. The van der Waals surface area contributed by atoms with Gasteiger partial charge in [0.15, 0.2) is 5.76 Å². The van der Waals surface area contributed by atoms with Crippen LogP contribution in [0.1, 0.15) is 23.0 Å². The van der Waals surface area contributed by atoms with E-state index in [1.165, 1.54) is 16.1 Å². The molecule has 1 aliphatic rings. The molecular formula is C12H16N4O4. The number of hydrogen-bond acceptors (Lipinski definition) is 5. The maximum absolute atomic E-state index is 12.0. The van der Waals surface area contributed by atoms with Gasteiger partial charge in [-0.3, -0.25) is 19.8 Å². The van der Waals surface area contributed by atoms with Crippen molar-refractivity contribution in [2.75, 3.05) is 19.6 Å². The van der Waals surface area contributed by atoms with E-state index in [0.29, 0.717) is 25.2 Å². The van der Waals surface area contributed by atoms with Crippen LogP contribution in [0, 0.1) is 0 Å². The maximum atomic E-state index is 12.0. The van der Waals surface area contributed by atoms with Gasteiger partial charge in [-0.25, -0.2) is 5.84 Å². The topological polar surface area (TPSA) is 109 Å². The number of carbonyl (C=O) groups is 3. The number of likely N-dealkylation sites (N-methyl/N-ethyl adjacent to an activating group) is 1. The van der Waals surface area contributed by atoms with E-state index >= 15 is 0 Å². The third-order valence-electron chi connectivity index (χ3n) is 3.22. The fraction of sp³-hybridized carbons (Fsp3) is 0.417. The first kappa shape index (κ1) is 14.1. The molecule has 0 unspecified atom stereocenters. The van der Waals surface area contributed by atoms with Crippen LogP contribution in [0.15, 0.2) is 16.7 Å². The Morgan fingerprint density at radius 1 is 1.35 bits per heavy atom. The van der Waals surface area contributed by atoms with Crippen LogP contribution in [0.2, 0.25) is 0 Å². The van der Waals surface area contributed by atoms with Gasteiger partial charge in [0.25, 0.3) is 0 Å². The molecule has 1 fully saturated rings. The molecule has 8 heteroatoms. The normalized spacial score (nSPS) is 15.7. The van der Waals surface area contributed by atoms with E-state index in [1.807, 2.05) is 12.3 Å². The van der Waals surface area contributed by atoms with Crippen molar-refractivity contribution in [3.63, 3.8) is 0 Å². The molecule has 0 atom stereocenters. The van der Waals surface area contributed by atoms with E-state index in [2.05, 4.69) is 0 Å². The van der Waals surface area contributed by atoms with Crippen LogP contribution in [-0.2, 0) is 16.1 Å². The highest BCUT2D eigenvalue weighted by atomic mass is 16.3. The molecule has 1 aliphatic heterocycles. The number of carbonyl (C=O) groups excluding carboxylic acids is 3. The Morgan fingerprint density at radius 2 is 2.00 bits per heavy atom. The lowest BCUT2D eigenvalue weighted by Gasteiger charge is -2.32. The molecule has 0 radical (unpaired) electrons. The number of piperazine rings is 1. The van der Waals surface area contributed by atoms with Crippen LogP contribution in [-0.4, -0.2) is 47.2 Å². The third kappa shape index (κ3) is 2.50. The zero-order chi connectivity index (χ0) is 14.7. The maximum Gasteiger partial charge on any atom is 0.312 e. The summed E-state index contributed by atoms with van der Waals surface area (Å²) in [6.45, 7) is 3.37. The van der Waals surface area contributed by atoms with Crippen LogP contribution in [0.5, 0.6) is 0 Å². The molecule has 0 saturated carbocycles. The number of furan rings is 1. The average Bonchev–Trinajstić information content (AvgIpc) is 2.91. The molecule has 0 aliphatic carbocycles. The summed E-state index contributed by atoms with van der Waals surface area (Å²) in [7, 11) is 0. The number of hydrogen-bond donors (Lipinski definition) is 2. The van der Waals surface area contributed by atoms with E-state index in [9.17, 15) is 14.4 Å². The van der Waals surface area contributed by atoms with E-state index in [-0.39, 0.29) is 12.3 Å². The van der Waals surface area contributed by atoms with Gasteiger partial charge in [-0.15, -0.1) is 0 Å². The molecule has 0 spiro atoms. The lowest BCUT2D eigenvalue weighted by atomic mass is 10.2. The van der Waals surface area contributed by atoms with Gasteiger partial charge in [0, 0.05) is 25.2 Å². The Kier molecular flexibility index (Phi) is 4.04. The molecule has 1 saturated heterocycles. The Labute approximate surface area is 115 Å². The first-order valence-corrected chi connectivity index (χ1v) is 6.24. The monoisotopic (exact) mass is 280 g/mol. The second-order valence-electron chi connectivity index (χ2n) is 4.36. The summed E-state index contributed by atoms with van der Waals surface area (Å²) in [6.07, 6.45) is 1.34. The molecule has 3 amide bonds. The Hall–Kier alpha value is -2.35. The standard InChI is InChI=1S/C12H16N4O4/c1-2-15-4-5-16(12(19)11(15)18)7-8-3-6-20-9(8)10(17)14-13/h3,6H,2,4-5,7,13H2,1H3,(H,14,17). The van der Waals surface area contributed by atoms with Crippen molar-refractivity contribution in [2.24, 2.45) is 5.84 Å². The number of amides is 3. The van der Waals surface area contributed by atoms with Crippen molar-refractivity contribution < 1.29 is 18.8 Å². The summed E-state index contributed by atoms with van der Waals surface area (Å²) in [5.41, 5.74) is 2.48. The predicted molar refractivity (Wildman–Crippen MR) is 68.0 cm³/mol. The minimum absolute atomic E-state index is 0.0469.